The third-order valence-electron chi connectivity index (χ3n) is 8.58. The Hall–Kier alpha value is -1.88. The average molecular weight is 467 g/mol. The van der Waals surface area contributed by atoms with Crippen LogP contribution in [-0.4, -0.2) is 33.1 Å². The molecule has 0 aliphatic heterocycles. The Bertz CT molecular complexity index is 977. The first-order valence-corrected chi connectivity index (χ1v) is 13.0. The number of rotatable bonds is 8. The second kappa shape index (κ2) is 9.29. The highest BCUT2D eigenvalue weighted by Gasteiger charge is 2.60. The number of benzene rings is 2. The van der Waals surface area contributed by atoms with Gasteiger partial charge < -0.3 is 20.1 Å². The lowest BCUT2D eigenvalue weighted by Crippen LogP contribution is -2.62. The quantitative estimate of drug-likeness (QED) is 0.440. The van der Waals surface area contributed by atoms with E-state index in [0.29, 0.717) is 25.4 Å². The Balaban J connectivity index is 1.54. The van der Waals surface area contributed by atoms with Crippen molar-refractivity contribution in [3.8, 4) is 5.75 Å². The molecule has 2 aliphatic carbocycles. The lowest BCUT2D eigenvalue weighted by molar-refractivity contribution is -0.205. The summed E-state index contributed by atoms with van der Waals surface area (Å²) < 4.78 is 6.05. The Morgan fingerprint density at radius 3 is 2.47 bits per heavy atom. The largest absolute Gasteiger partial charge is 0.494 e. The minimum Gasteiger partial charge on any atom is -0.494 e. The van der Waals surface area contributed by atoms with Crippen LogP contribution in [0.15, 0.2) is 48.5 Å². The zero-order valence-electron chi connectivity index (χ0n) is 21.3. The molecule has 3 N–H and O–H groups in total. The van der Waals surface area contributed by atoms with Gasteiger partial charge in [0.1, 0.15) is 11.4 Å². The molecular weight excluding hydrogens is 424 g/mol. The number of unbranched alkanes of at least 4 members (excludes halogenated alkanes) is 1. The van der Waals surface area contributed by atoms with E-state index in [1.807, 2.05) is 51.1 Å². The molecular formula is C30H42O4. The monoisotopic (exact) mass is 466 g/mol. The lowest BCUT2D eigenvalue weighted by Gasteiger charge is -2.59. The minimum atomic E-state index is -1.25. The van der Waals surface area contributed by atoms with Gasteiger partial charge in [0.2, 0.25) is 0 Å². The van der Waals surface area contributed by atoms with Gasteiger partial charge in [0.25, 0.3) is 0 Å². The summed E-state index contributed by atoms with van der Waals surface area (Å²) >= 11 is 0. The van der Waals surface area contributed by atoms with Crippen LogP contribution in [0.25, 0.3) is 0 Å². The van der Waals surface area contributed by atoms with Crippen LogP contribution in [0.3, 0.4) is 0 Å². The fourth-order valence-electron chi connectivity index (χ4n) is 6.65. The van der Waals surface area contributed by atoms with Gasteiger partial charge in [0.15, 0.2) is 0 Å². The van der Waals surface area contributed by atoms with Gasteiger partial charge in [-0.25, -0.2) is 0 Å². The van der Waals surface area contributed by atoms with Gasteiger partial charge >= 0.3 is 0 Å². The number of ether oxygens (including phenoxy) is 1. The first-order chi connectivity index (χ1) is 16.0. The minimum absolute atomic E-state index is 0.149. The standard InChI is InChI=1S/C30H42O4/c1-5-29-21-28(4,32)30(33,23-11-7-6-8-12-23)20-24(29)14-13-22-19-25(15-16-26(22)29)34-18-10-9-17-27(2,3)31/h6-8,11-12,15-16,19,24,31-33H,5,9-10,13-14,17-18,20-21H2,1-4H3/t24-,28?,29?,30?/m1/s1. The molecule has 0 amide bonds. The lowest BCUT2D eigenvalue weighted by atomic mass is 9.49. The molecule has 0 heterocycles. The summed E-state index contributed by atoms with van der Waals surface area (Å²) in [4.78, 5) is 0. The Morgan fingerprint density at radius 2 is 1.79 bits per heavy atom. The SMILES string of the molecule is CCC12CC(C)(O)C(O)(c3ccccc3)C[C@H]1CCc1cc(OCCCCC(C)(C)O)ccc12. The van der Waals surface area contributed by atoms with E-state index in [4.69, 9.17) is 4.74 Å². The van der Waals surface area contributed by atoms with Crippen LogP contribution < -0.4 is 4.74 Å². The maximum Gasteiger partial charge on any atom is 0.119 e. The van der Waals surface area contributed by atoms with Crippen molar-refractivity contribution in [2.75, 3.05) is 6.61 Å². The fourth-order valence-corrected chi connectivity index (χ4v) is 6.65. The van der Waals surface area contributed by atoms with Crippen molar-refractivity contribution < 1.29 is 20.1 Å². The third-order valence-corrected chi connectivity index (χ3v) is 8.58. The van der Waals surface area contributed by atoms with Crippen LogP contribution in [0, 0.1) is 5.92 Å². The van der Waals surface area contributed by atoms with Crippen molar-refractivity contribution in [2.45, 2.75) is 101 Å². The maximum atomic E-state index is 11.8. The Labute approximate surface area is 205 Å². The summed E-state index contributed by atoms with van der Waals surface area (Å²) in [6.45, 7) is 8.37. The molecule has 0 saturated heterocycles. The van der Waals surface area contributed by atoms with Gasteiger partial charge in [-0.1, -0.05) is 43.3 Å². The maximum absolute atomic E-state index is 11.8. The molecule has 0 radical (unpaired) electrons. The number of hydrogen-bond acceptors (Lipinski definition) is 4. The molecule has 4 atom stereocenters. The van der Waals surface area contributed by atoms with E-state index >= 15 is 0 Å². The van der Waals surface area contributed by atoms with Crippen LogP contribution in [0.1, 0.15) is 89.3 Å². The second-order valence-electron chi connectivity index (χ2n) is 11.6. The molecule has 186 valence electrons. The molecule has 1 fully saturated rings. The summed E-state index contributed by atoms with van der Waals surface area (Å²) in [5.41, 5.74) is 0.188. The first kappa shape index (κ1) is 25.2. The van der Waals surface area contributed by atoms with Crippen molar-refractivity contribution in [3.05, 3.63) is 65.2 Å². The second-order valence-corrected chi connectivity index (χ2v) is 11.6. The van der Waals surface area contributed by atoms with Gasteiger partial charge in [-0.15, -0.1) is 0 Å². The van der Waals surface area contributed by atoms with Gasteiger partial charge in [-0.3, -0.25) is 0 Å². The average Bonchev–Trinajstić information content (AvgIpc) is 2.79. The molecule has 1 saturated carbocycles. The molecule has 34 heavy (non-hydrogen) atoms. The van der Waals surface area contributed by atoms with E-state index in [-0.39, 0.29) is 5.41 Å². The van der Waals surface area contributed by atoms with Gasteiger partial charge in [-0.05, 0) is 107 Å². The molecule has 2 aliphatic rings. The molecule has 4 rings (SSSR count). The molecule has 2 aromatic rings. The van der Waals surface area contributed by atoms with E-state index in [0.717, 1.165) is 49.8 Å². The molecule has 0 aromatic heterocycles. The van der Waals surface area contributed by atoms with Crippen molar-refractivity contribution in [3.63, 3.8) is 0 Å². The first-order valence-electron chi connectivity index (χ1n) is 13.0. The summed E-state index contributed by atoms with van der Waals surface area (Å²) in [7, 11) is 0. The van der Waals surface area contributed by atoms with Crippen LogP contribution in [-0.2, 0) is 17.4 Å². The highest BCUT2D eigenvalue weighted by atomic mass is 16.5. The van der Waals surface area contributed by atoms with Crippen molar-refractivity contribution >= 4 is 0 Å². The highest BCUT2D eigenvalue weighted by Crippen LogP contribution is 2.60. The summed E-state index contributed by atoms with van der Waals surface area (Å²) in [6.07, 6.45) is 6.63. The molecule has 0 bridgehead atoms. The van der Waals surface area contributed by atoms with E-state index < -0.39 is 16.8 Å². The van der Waals surface area contributed by atoms with E-state index in [1.165, 1.54) is 11.1 Å². The third kappa shape index (κ3) is 4.65. The predicted octanol–water partition coefficient (Wildman–Crippen LogP) is 5.65. The van der Waals surface area contributed by atoms with E-state index in [2.05, 4.69) is 25.1 Å². The summed E-state index contributed by atoms with van der Waals surface area (Å²) in [6, 6.07) is 16.2. The smallest absolute Gasteiger partial charge is 0.119 e. The molecule has 3 unspecified atom stereocenters. The highest BCUT2D eigenvalue weighted by molar-refractivity contribution is 5.45. The Kier molecular flexibility index (Phi) is 6.89. The van der Waals surface area contributed by atoms with Crippen molar-refractivity contribution in [2.24, 2.45) is 5.92 Å². The van der Waals surface area contributed by atoms with Crippen LogP contribution in [0.5, 0.6) is 5.75 Å². The predicted molar refractivity (Wildman–Crippen MR) is 136 cm³/mol. The number of aryl methyl sites for hydroxylation is 1. The van der Waals surface area contributed by atoms with Crippen LogP contribution in [0.4, 0.5) is 0 Å². The topological polar surface area (TPSA) is 69.9 Å². The van der Waals surface area contributed by atoms with Crippen LogP contribution in [0.2, 0.25) is 0 Å². The number of aliphatic hydroxyl groups is 3. The van der Waals surface area contributed by atoms with E-state index in [9.17, 15) is 15.3 Å². The zero-order chi connectivity index (χ0) is 24.6. The van der Waals surface area contributed by atoms with E-state index in [1.54, 1.807) is 0 Å². The fraction of sp³-hybridized carbons (Fsp3) is 0.600. The molecule has 2 aromatic carbocycles. The van der Waals surface area contributed by atoms with Crippen LogP contribution >= 0.6 is 0 Å². The van der Waals surface area contributed by atoms with Crippen molar-refractivity contribution in [1.82, 2.24) is 0 Å². The number of hydrogen-bond donors (Lipinski definition) is 3. The molecule has 4 heteroatoms. The normalized spacial score (nSPS) is 31.0. The summed E-state index contributed by atoms with van der Waals surface area (Å²) in [5, 5.41) is 33.4. The summed E-state index contributed by atoms with van der Waals surface area (Å²) in [5.74, 6) is 1.21. The van der Waals surface area contributed by atoms with Gasteiger partial charge in [0.05, 0.1) is 17.8 Å². The van der Waals surface area contributed by atoms with Gasteiger partial charge in [0, 0.05) is 5.41 Å². The molecule has 0 spiro atoms. The van der Waals surface area contributed by atoms with Crippen molar-refractivity contribution in [1.29, 1.82) is 0 Å². The number of fused-ring (bicyclic) bond motifs is 3. The Morgan fingerprint density at radius 1 is 1.06 bits per heavy atom. The van der Waals surface area contributed by atoms with Gasteiger partial charge in [-0.2, -0.15) is 0 Å². The molecule has 4 nitrogen and oxygen atoms in total. The zero-order valence-corrected chi connectivity index (χ0v) is 21.3.